The predicted molar refractivity (Wildman–Crippen MR) is 121 cm³/mol. The van der Waals surface area contributed by atoms with Gasteiger partial charge in [0, 0.05) is 12.7 Å². The molecule has 0 bridgehead atoms. The third-order valence-corrected chi connectivity index (χ3v) is 5.72. The number of amides is 1. The van der Waals surface area contributed by atoms with Gasteiger partial charge in [0.1, 0.15) is 5.75 Å². The second-order valence-corrected chi connectivity index (χ2v) is 8.58. The van der Waals surface area contributed by atoms with Crippen molar-refractivity contribution < 1.29 is 9.53 Å². The van der Waals surface area contributed by atoms with Gasteiger partial charge in [0.15, 0.2) is 17.1 Å². The van der Waals surface area contributed by atoms with Crippen LogP contribution in [-0.4, -0.2) is 26.4 Å². The Morgan fingerprint density at radius 3 is 2.43 bits per heavy atom. The van der Waals surface area contributed by atoms with Crippen molar-refractivity contribution >= 4 is 23.4 Å². The van der Waals surface area contributed by atoms with E-state index < -0.39 is 0 Å². The molecule has 30 heavy (non-hydrogen) atoms. The molecule has 1 N–H and O–H groups in total. The van der Waals surface area contributed by atoms with Gasteiger partial charge in [-0.2, -0.15) is 0 Å². The lowest BCUT2D eigenvalue weighted by Gasteiger charge is -2.16. The first-order valence-electron chi connectivity index (χ1n) is 9.87. The number of aryl methyl sites for hydroxylation is 4. The maximum atomic E-state index is 12.4. The van der Waals surface area contributed by atoms with Gasteiger partial charge >= 0.3 is 0 Å². The van der Waals surface area contributed by atoms with Gasteiger partial charge in [0.05, 0.1) is 5.75 Å². The molecule has 1 amide bonds. The summed E-state index contributed by atoms with van der Waals surface area (Å²) in [5.74, 6) is 1.73. The highest BCUT2D eigenvalue weighted by atomic mass is 32.2. The average molecular weight is 425 g/mol. The number of hydrogen-bond donors (Lipinski definition) is 1. The molecule has 0 saturated heterocycles. The summed E-state index contributed by atoms with van der Waals surface area (Å²) >= 11 is 1.35. The Morgan fingerprint density at radius 2 is 1.77 bits per heavy atom. The zero-order valence-electron chi connectivity index (χ0n) is 18.3. The lowest BCUT2D eigenvalue weighted by Crippen LogP contribution is -2.15. The van der Waals surface area contributed by atoms with Crippen LogP contribution in [0.1, 0.15) is 41.1 Å². The normalized spacial score (nSPS) is 11.9. The van der Waals surface area contributed by atoms with Crippen molar-refractivity contribution in [3.63, 3.8) is 0 Å². The van der Waals surface area contributed by atoms with Gasteiger partial charge in [-0.1, -0.05) is 35.5 Å². The molecule has 7 heteroatoms. The number of carbonyl (C=O) groups is 1. The van der Waals surface area contributed by atoms with E-state index in [2.05, 4.69) is 34.6 Å². The van der Waals surface area contributed by atoms with Crippen LogP contribution in [0.25, 0.3) is 0 Å². The summed E-state index contributed by atoms with van der Waals surface area (Å²) in [6, 6.07) is 12.1. The predicted octanol–water partition coefficient (Wildman–Crippen LogP) is 4.92. The van der Waals surface area contributed by atoms with Crippen LogP contribution in [0.15, 0.2) is 41.6 Å². The Morgan fingerprint density at radius 1 is 1.07 bits per heavy atom. The second-order valence-electron chi connectivity index (χ2n) is 7.64. The molecule has 1 atom stereocenters. The Labute approximate surface area is 182 Å². The molecule has 6 nitrogen and oxygen atoms in total. The number of anilines is 1. The topological polar surface area (TPSA) is 69.0 Å². The Bertz CT molecular complexity index is 1040. The van der Waals surface area contributed by atoms with Crippen LogP contribution in [0.2, 0.25) is 0 Å². The van der Waals surface area contributed by atoms with Gasteiger partial charge < -0.3 is 14.6 Å². The average Bonchev–Trinajstić information content (AvgIpc) is 3.02. The fraction of sp³-hybridized carbons (Fsp3) is 0.348. The van der Waals surface area contributed by atoms with E-state index in [-0.39, 0.29) is 17.8 Å². The van der Waals surface area contributed by atoms with E-state index in [0.717, 1.165) is 28.1 Å². The SMILES string of the molecule is Cc1cc(C)cc(NC(=O)CSc2nnc(C(C)Oc3ccc(C)cc3C)n2C)c1. The summed E-state index contributed by atoms with van der Waals surface area (Å²) in [6.07, 6.45) is -0.262. The molecular formula is C23H28N4O2S. The largest absolute Gasteiger partial charge is 0.482 e. The first-order valence-corrected chi connectivity index (χ1v) is 10.9. The molecule has 0 aliphatic carbocycles. The number of aromatic nitrogens is 3. The first-order chi connectivity index (χ1) is 14.2. The molecule has 158 valence electrons. The van der Waals surface area contributed by atoms with Crippen molar-refractivity contribution in [1.29, 1.82) is 0 Å². The smallest absolute Gasteiger partial charge is 0.234 e. The zero-order chi connectivity index (χ0) is 21.8. The standard InChI is InChI=1S/C23H28N4O2S/c1-14-7-8-20(17(4)10-14)29-18(5)22-25-26-23(27(22)6)30-13-21(28)24-19-11-15(2)9-16(3)12-19/h7-12,18H,13H2,1-6H3,(H,24,28). The number of benzene rings is 2. The molecule has 0 saturated carbocycles. The summed E-state index contributed by atoms with van der Waals surface area (Å²) in [5, 5.41) is 12.1. The lowest BCUT2D eigenvalue weighted by atomic mass is 10.1. The van der Waals surface area contributed by atoms with Crippen LogP contribution >= 0.6 is 11.8 Å². The third-order valence-electron chi connectivity index (χ3n) is 4.70. The Balaban J connectivity index is 1.61. The second kappa shape index (κ2) is 9.34. The Kier molecular flexibility index (Phi) is 6.82. The van der Waals surface area contributed by atoms with Gasteiger partial charge in [-0.25, -0.2) is 0 Å². The third kappa shape index (κ3) is 5.42. The van der Waals surface area contributed by atoms with E-state index >= 15 is 0 Å². The van der Waals surface area contributed by atoms with Gasteiger partial charge in [0.25, 0.3) is 0 Å². The number of thioether (sulfide) groups is 1. The number of ether oxygens (including phenoxy) is 1. The summed E-state index contributed by atoms with van der Waals surface area (Å²) in [6.45, 7) is 10.1. The van der Waals surface area contributed by atoms with Crippen molar-refractivity contribution in [3.05, 3.63) is 64.5 Å². The minimum Gasteiger partial charge on any atom is -0.482 e. The molecule has 1 unspecified atom stereocenters. The number of rotatable bonds is 7. The number of nitrogens with one attached hydrogen (secondary N) is 1. The minimum absolute atomic E-state index is 0.0749. The molecule has 3 aromatic rings. The molecule has 0 fully saturated rings. The van der Waals surface area contributed by atoms with Gasteiger partial charge in [0.2, 0.25) is 5.91 Å². The summed E-state index contributed by atoms with van der Waals surface area (Å²) in [7, 11) is 1.89. The van der Waals surface area contributed by atoms with Crippen molar-refractivity contribution in [2.45, 2.75) is 45.9 Å². The van der Waals surface area contributed by atoms with Crippen molar-refractivity contribution in [1.82, 2.24) is 14.8 Å². The van der Waals surface area contributed by atoms with Crippen LogP contribution in [0.5, 0.6) is 5.75 Å². The fourth-order valence-electron chi connectivity index (χ4n) is 3.35. The highest BCUT2D eigenvalue weighted by molar-refractivity contribution is 7.99. The molecule has 1 heterocycles. The summed E-state index contributed by atoms with van der Waals surface area (Å²) < 4.78 is 7.97. The molecule has 0 aliphatic rings. The molecule has 0 aliphatic heterocycles. The minimum atomic E-state index is -0.262. The highest BCUT2D eigenvalue weighted by Gasteiger charge is 2.18. The van der Waals surface area contributed by atoms with Crippen molar-refractivity contribution in [2.24, 2.45) is 7.05 Å². The first kappa shape index (κ1) is 21.9. The van der Waals surface area contributed by atoms with Gasteiger partial charge in [-0.15, -0.1) is 10.2 Å². The van der Waals surface area contributed by atoms with E-state index in [9.17, 15) is 4.79 Å². The fourth-order valence-corrected chi connectivity index (χ4v) is 4.07. The quantitative estimate of drug-likeness (QED) is 0.545. The van der Waals surface area contributed by atoms with Crippen LogP contribution in [0, 0.1) is 27.7 Å². The van der Waals surface area contributed by atoms with Crippen LogP contribution in [0.4, 0.5) is 5.69 Å². The number of nitrogens with zero attached hydrogens (tertiary/aromatic N) is 3. The molecule has 0 radical (unpaired) electrons. The van der Waals surface area contributed by atoms with Crippen molar-refractivity contribution in [2.75, 3.05) is 11.1 Å². The molecular weight excluding hydrogens is 396 g/mol. The van der Waals surface area contributed by atoms with E-state index in [1.807, 2.05) is 63.6 Å². The maximum Gasteiger partial charge on any atom is 0.234 e. The number of hydrogen-bond acceptors (Lipinski definition) is 5. The van der Waals surface area contributed by atoms with Gasteiger partial charge in [-0.3, -0.25) is 4.79 Å². The summed E-state index contributed by atoms with van der Waals surface area (Å²) in [4.78, 5) is 12.4. The number of carbonyl (C=O) groups excluding carboxylic acids is 1. The van der Waals surface area contributed by atoms with Crippen LogP contribution < -0.4 is 10.1 Å². The highest BCUT2D eigenvalue weighted by Crippen LogP contribution is 2.26. The maximum absolute atomic E-state index is 12.4. The van der Waals surface area contributed by atoms with Gasteiger partial charge in [-0.05, 0) is 69.5 Å². The van der Waals surface area contributed by atoms with Crippen molar-refractivity contribution in [3.8, 4) is 5.75 Å². The molecule has 3 rings (SSSR count). The van der Waals surface area contributed by atoms with E-state index in [1.165, 1.54) is 17.3 Å². The zero-order valence-corrected chi connectivity index (χ0v) is 19.1. The molecule has 0 spiro atoms. The van der Waals surface area contributed by atoms with E-state index in [0.29, 0.717) is 11.0 Å². The summed E-state index contributed by atoms with van der Waals surface area (Å²) in [5.41, 5.74) is 5.33. The molecule has 2 aromatic carbocycles. The Hall–Kier alpha value is -2.80. The lowest BCUT2D eigenvalue weighted by molar-refractivity contribution is -0.113. The van der Waals surface area contributed by atoms with E-state index in [4.69, 9.17) is 4.74 Å². The monoisotopic (exact) mass is 424 g/mol. The van der Waals surface area contributed by atoms with Crippen LogP contribution in [0.3, 0.4) is 0 Å². The van der Waals surface area contributed by atoms with E-state index in [1.54, 1.807) is 0 Å². The van der Waals surface area contributed by atoms with Crippen LogP contribution in [-0.2, 0) is 11.8 Å². The molecule has 1 aromatic heterocycles.